The first-order chi connectivity index (χ1) is 11.2. The molecule has 0 saturated carbocycles. The zero-order chi connectivity index (χ0) is 16.5. The van der Waals surface area contributed by atoms with Crippen LogP contribution in [0.3, 0.4) is 0 Å². The second kappa shape index (κ2) is 8.51. The summed E-state index contributed by atoms with van der Waals surface area (Å²) in [4.78, 5) is 0. The Hall–Kier alpha value is -2.91. The Morgan fingerprint density at radius 1 is 1.26 bits per heavy atom. The van der Waals surface area contributed by atoms with Crippen molar-refractivity contribution in [1.82, 2.24) is 5.43 Å². The van der Waals surface area contributed by atoms with E-state index in [-0.39, 0.29) is 17.5 Å². The average molecular weight is 327 g/mol. The number of rotatable bonds is 5. The molecule has 0 bridgehead atoms. The fourth-order valence-corrected chi connectivity index (χ4v) is 1.86. The molecular weight excluding hydrogens is 313 g/mol. The minimum atomic E-state index is -0.309. The summed E-state index contributed by atoms with van der Waals surface area (Å²) in [6.45, 7) is 0.183. The zero-order valence-corrected chi connectivity index (χ0v) is 12.9. The van der Waals surface area contributed by atoms with E-state index < -0.39 is 0 Å². The van der Waals surface area contributed by atoms with Crippen molar-refractivity contribution in [1.29, 1.82) is 0 Å². The van der Waals surface area contributed by atoms with Crippen molar-refractivity contribution < 1.29 is 9.13 Å². The molecule has 0 radical (unpaired) electrons. The van der Waals surface area contributed by atoms with Gasteiger partial charge in [0.25, 0.3) is 0 Å². The molecule has 0 fully saturated rings. The fraction of sp³-hybridized carbons (Fsp3) is 0.0588. The van der Waals surface area contributed by atoms with Crippen LogP contribution in [-0.2, 0) is 0 Å². The Bertz CT molecular complexity index is 738. The lowest BCUT2D eigenvalue weighted by Gasteiger charge is -2.07. The Kier molecular flexibility index (Phi) is 6.09. The number of para-hydroxylation sites is 1. The van der Waals surface area contributed by atoms with Crippen LogP contribution in [0.1, 0.15) is 5.56 Å². The number of nitrogens with one attached hydrogen (secondary N) is 2. The molecule has 0 aliphatic heterocycles. The molecule has 0 aromatic heterocycles. The maximum atomic E-state index is 12.8. The Balaban J connectivity index is 1.92. The number of halogens is 1. The van der Waals surface area contributed by atoms with E-state index in [9.17, 15) is 4.39 Å². The molecular formula is C17H14FN3OS. The third-order valence-electron chi connectivity index (χ3n) is 2.70. The second-order valence-corrected chi connectivity index (χ2v) is 4.77. The molecule has 2 N–H and O–H groups in total. The van der Waals surface area contributed by atoms with Crippen LogP contribution < -0.4 is 15.5 Å². The van der Waals surface area contributed by atoms with Crippen molar-refractivity contribution in [2.45, 2.75) is 0 Å². The first kappa shape index (κ1) is 16.5. The number of thiocarbonyl (C=S) groups is 1. The quantitative estimate of drug-likeness (QED) is 0.383. The molecule has 0 amide bonds. The van der Waals surface area contributed by atoms with E-state index in [1.807, 2.05) is 18.2 Å². The van der Waals surface area contributed by atoms with Gasteiger partial charge in [-0.05, 0) is 48.6 Å². The maximum Gasteiger partial charge on any atom is 0.191 e. The number of ether oxygens (including phenoxy) is 1. The largest absolute Gasteiger partial charge is 0.480 e. The molecule has 2 aromatic rings. The van der Waals surface area contributed by atoms with Crippen LogP contribution in [0.5, 0.6) is 5.75 Å². The molecule has 0 spiro atoms. The Morgan fingerprint density at radius 3 is 2.74 bits per heavy atom. The van der Waals surface area contributed by atoms with Crippen molar-refractivity contribution in [3.8, 4) is 18.1 Å². The number of terminal acetylenes is 1. The monoisotopic (exact) mass is 327 g/mol. The van der Waals surface area contributed by atoms with Crippen molar-refractivity contribution >= 4 is 29.2 Å². The first-order valence-electron chi connectivity index (χ1n) is 6.70. The SMILES string of the molecule is C#CCOc1ccccc1/C=N\NC(=S)Nc1ccc(F)cc1. The summed E-state index contributed by atoms with van der Waals surface area (Å²) in [6, 6.07) is 13.2. The molecule has 0 heterocycles. The predicted molar refractivity (Wildman–Crippen MR) is 94.1 cm³/mol. The lowest BCUT2D eigenvalue weighted by atomic mass is 10.2. The highest BCUT2D eigenvalue weighted by atomic mass is 32.1. The summed E-state index contributed by atoms with van der Waals surface area (Å²) >= 11 is 5.10. The van der Waals surface area contributed by atoms with Crippen molar-refractivity contribution in [3.63, 3.8) is 0 Å². The number of benzene rings is 2. The Morgan fingerprint density at radius 2 is 2.00 bits per heavy atom. The first-order valence-corrected chi connectivity index (χ1v) is 7.11. The molecule has 0 unspecified atom stereocenters. The van der Waals surface area contributed by atoms with Crippen LogP contribution in [0.4, 0.5) is 10.1 Å². The van der Waals surface area contributed by atoms with Gasteiger partial charge < -0.3 is 10.1 Å². The van der Waals surface area contributed by atoms with E-state index in [0.29, 0.717) is 11.4 Å². The third-order valence-corrected chi connectivity index (χ3v) is 2.90. The minimum Gasteiger partial charge on any atom is -0.480 e. The summed E-state index contributed by atoms with van der Waals surface area (Å²) < 4.78 is 18.2. The van der Waals surface area contributed by atoms with Gasteiger partial charge in [-0.15, -0.1) is 6.42 Å². The standard InChI is InChI=1S/C17H14FN3OS/c1-2-11-22-16-6-4-3-5-13(16)12-19-21-17(23)20-15-9-7-14(18)8-10-15/h1,3-10,12H,11H2,(H2,20,21,23)/b19-12-. The molecule has 23 heavy (non-hydrogen) atoms. The van der Waals surface area contributed by atoms with Gasteiger partial charge in [0, 0.05) is 11.3 Å². The molecule has 2 rings (SSSR count). The molecule has 2 aromatic carbocycles. The van der Waals surface area contributed by atoms with Gasteiger partial charge in [0.1, 0.15) is 18.2 Å². The van der Waals surface area contributed by atoms with Crippen LogP contribution in [0, 0.1) is 18.2 Å². The lowest BCUT2D eigenvalue weighted by Crippen LogP contribution is -2.23. The van der Waals surface area contributed by atoms with E-state index in [0.717, 1.165) is 5.56 Å². The van der Waals surface area contributed by atoms with Gasteiger partial charge >= 0.3 is 0 Å². The molecule has 4 nitrogen and oxygen atoms in total. The summed E-state index contributed by atoms with van der Waals surface area (Å²) in [6.07, 6.45) is 6.75. The summed E-state index contributed by atoms with van der Waals surface area (Å²) in [7, 11) is 0. The topological polar surface area (TPSA) is 45.6 Å². The van der Waals surface area contributed by atoms with E-state index in [1.54, 1.807) is 24.4 Å². The number of hydrazone groups is 1. The van der Waals surface area contributed by atoms with Gasteiger partial charge in [0.05, 0.1) is 6.21 Å². The molecule has 0 aliphatic rings. The van der Waals surface area contributed by atoms with Gasteiger partial charge in [0.15, 0.2) is 5.11 Å². The normalized spacial score (nSPS) is 10.1. The van der Waals surface area contributed by atoms with E-state index in [2.05, 4.69) is 21.8 Å². The second-order valence-electron chi connectivity index (χ2n) is 4.36. The number of hydrogen-bond acceptors (Lipinski definition) is 3. The lowest BCUT2D eigenvalue weighted by molar-refractivity contribution is 0.370. The Labute approximate surface area is 139 Å². The molecule has 116 valence electrons. The minimum absolute atomic E-state index is 0.183. The molecule has 0 saturated heterocycles. The number of nitrogens with zero attached hydrogens (tertiary/aromatic N) is 1. The third kappa shape index (κ3) is 5.41. The average Bonchev–Trinajstić information content (AvgIpc) is 2.56. The molecule has 0 aliphatic carbocycles. The van der Waals surface area contributed by atoms with Crippen molar-refractivity contribution in [3.05, 3.63) is 59.9 Å². The van der Waals surface area contributed by atoms with Gasteiger partial charge in [-0.3, -0.25) is 5.43 Å². The van der Waals surface area contributed by atoms with Crippen LogP contribution in [0.15, 0.2) is 53.6 Å². The molecule has 6 heteroatoms. The fourth-order valence-electron chi connectivity index (χ4n) is 1.69. The highest BCUT2D eigenvalue weighted by Crippen LogP contribution is 2.15. The van der Waals surface area contributed by atoms with Crippen molar-refractivity contribution in [2.75, 3.05) is 11.9 Å². The van der Waals surface area contributed by atoms with E-state index >= 15 is 0 Å². The summed E-state index contributed by atoms with van der Waals surface area (Å²) in [5.74, 6) is 2.73. The maximum absolute atomic E-state index is 12.8. The molecule has 0 atom stereocenters. The number of hydrogen-bond donors (Lipinski definition) is 2. The summed E-state index contributed by atoms with van der Waals surface area (Å²) in [5, 5.41) is 7.21. The van der Waals surface area contributed by atoms with E-state index in [1.165, 1.54) is 12.1 Å². The van der Waals surface area contributed by atoms with Gasteiger partial charge in [-0.25, -0.2) is 4.39 Å². The van der Waals surface area contributed by atoms with Gasteiger partial charge in [-0.1, -0.05) is 18.1 Å². The smallest absolute Gasteiger partial charge is 0.191 e. The predicted octanol–water partition coefficient (Wildman–Crippen LogP) is 3.16. The van der Waals surface area contributed by atoms with E-state index in [4.69, 9.17) is 23.4 Å². The van der Waals surface area contributed by atoms with Crippen LogP contribution in [0.2, 0.25) is 0 Å². The highest BCUT2D eigenvalue weighted by Gasteiger charge is 2.00. The number of anilines is 1. The van der Waals surface area contributed by atoms with Crippen LogP contribution in [-0.4, -0.2) is 17.9 Å². The van der Waals surface area contributed by atoms with Gasteiger partial charge in [0.2, 0.25) is 0 Å². The van der Waals surface area contributed by atoms with Crippen LogP contribution in [0.25, 0.3) is 0 Å². The summed E-state index contributed by atoms with van der Waals surface area (Å²) in [5.41, 5.74) is 4.11. The van der Waals surface area contributed by atoms with Gasteiger partial charge in [-0.2, -0.15) is 5.10 Å². The van der Waals surface area contributed by atoms with Crippen molar-refractivity contribution in [2.24, 2.45) is 5.10 Å². The highest BCUT2D eigenvalue weighted by molar-refractivity contribution is 7.80. The zero-order valence-electron chi connectivity index (χ0n) is 12.1. The van der Waals surface area contributed by atoms with Crippen LogP contribution >= 0.6 is 12.2 Å².